The zero-order valence-electron chi connectivity index (χ0n) is 23.7. The van der Waals surface area contributed by atoms with E-state index in [9.17, 15) is 14.3 Å². The third kappa shape index (κ3) is 6.02. The minimum atomic E-state index is -0.566. The van der Waals surface area contributed by atoms with E-state index in [4.69, 9.17) is 9.47 Å². The molecule has 0 fully saturated rings. The maximum Gasteiger partial charge on any atom is 0.227 e. The van der Waals surface area contributed by atoms with E-state index in [1.807, 2.05) is 43.3 Å². The highest BCUT2D eigenvalue weighted by molar-refractivity contribution is 6.09. The summed E-state index contributed by atoms with van der Waals surface area (Å²) in [4.78, 5) is 22.4. The van der Waals surface area contributed by atoms with Crippen molar-refractivity contribution in [2.75, 3.05) is 14.2 Å². The molecule has 0 radical (unpaired) electrons. The number of aromatic hydroxyl groups is 1. The molecule has 1 aliphatic carbocycles. The molecule has 1 aliphatic rings. The van der Waals surface area contributed by atoms with Crippen LogP contribution >= 0.6 is 0 Å². The fourth-order valence-corrected chi connectivity index (χ4v) is 5.39. The lowest BCUT2D eigenvalue weighted by Gasteiger charge is -2.20. The van der Waals surface area contributed by atoms with Gasteiger partial charge >= 0.3 is 0 Å². The van der Waals surface area contributed by atoms with Crippen molar-refractivity contribution in [2.24, 2.45) is 5.92 Å². The number of aromatic nitrogens is 2. The predicted octanol–water partition coefficient (Wildman–Crippen LogP) is 6.23. The quantitative estimate of drug-likeness (QED) is 0.237. The lowest BCUT2D eigenvalue weighted by atomic mass is 9.86. The van der Waals surface area contributed by atoms with Gasteiger partial charge in [-0.05, 0) is 107 Å². The first-order valence-corrected chi connectivity index (χ1v) is 13.6. The molecule has 0 saturated carbocycles. The van der Waals surface area contributed by atoms with Crippen molar-refractivity contribution < 1.29 is 23.8 Å². The summed E-state index contributed by atoms with van der Waals surface area (Å²) >= 11 is 0. The Morgan fingerprint density at radius 3 is 2.48 bits per heavy atom. The summed E-state index contributed by atoms with van der Waals surface area (Å²) in [6, 6.07) is 17.5. The molecule has 2 aromatic carbocycles. The number of methoxy groups -OCH3 is 2. The number of aryl methyl sites for hydroxylation is 1. The van der Waals surface area contributed by atoms with Gasteiger partial charge in [0.1, 0.15) is 5.82 Å². The normalized spacial score (nSPS) is 14.0. The van der Waals surface area contributed by atoms with Gasteiger partial charge in [-0.2, -0.15) is 0 Å². The summed E-state index contributed by atoms with van der Waals surface area (Å²) in [7, 11) is 2.94. The number of halogens is 1. The molecular formula is C34H32FN3O4. The lowest BCUT2D eigenvalue weighted by molar-refractivity contribution is -0.123. The number of nitrogens with one attached hydrogen (secondary N) is 1. The third-order valence-corrected chi connectivity index (χ3v) is 7.46. The van der Waals surface area contributed by atoms with Crippen LogP contribution in [0.1, 0.15) is 41.3 Å². The summed E-state index contributed by atoms with van der Waals surface area (Å²) in [5, 5.41) is 13.5. The lowest BCUT2D eigenvalue weighted by Crippen LogP contribution is -2.31. The van der Waals surface area contributed by atoms with Gasteiger partial charge in [0.2, 0.25) is 11.7 Å². The van der Waals surface area contributed by atoms with E-state index in [2.05, 4.69) is 15.3 Å². The Hall–Kier alpha value is -4.98. The van der Waals surface area contributed by atoms with Crippen molar-refractivity contribution in [1.82, 2.24) is 15.3 Å². The molecule has 7 nitrogen and oxygen atoms in total. The second-order valence-electron chi connectivity index (χ2n) is 10.1. The summed E-state index contributed by atoms with van der Waals surface area (Å²) in [5.74, 6) is -0.669. The number of ether oxygens (including phenoxy) is 2. The molecule has 214 valence electrons. The van der Waals surface area contributed by atoms with Crippen LogP contribution in [0.5, 0.6) is 17.2 Å². The molecule has 0 spiro atoms. The molecule has 0 bridgehead atoms. The molecule has 8 heteroatoms. The first-order valence-electron chi connectivity index (χ1n) is 13.6. The monoisotopic (exact) mass is 565 g/mol. The summed E-state index contributed by atoms with van der Waals surface area (Å²) in [6.07, 6.45) is 8.25. The number of pyridine rings is 2. The van der Waals surface area contributed by atoms with Gasteiger partial charge in [0.05, 0.1) is 32.4 Å². The number of carbonyl (C=O) groups is 1. The number of amides is 1. The van der Waals surface area contributed by atoms with Crippen molar-refractivity contribution >= 4 is 23.1 Å². The molecule has 2 N–H and O–H groups in total. The molecule has 1 amide bonds. The fraction of sp³-hybridized carbons (Fsp3) is 0.206. The van der Waals surface area contributed by atoms with Crippen LogP contribution in [0.15, 0.2) is 84.8 Å². The van der Waals surface area contributed by atoms with Crippen LogP contribution in [0.25, 0.3) is 17.2 Å². The zero-order valence-corrected chi connectivity index (χ0v) is 23.7. The molecule has 1 atom stereocenters. The number of hydrogen-bond donors (Lipinski definition) is 2. The summed E-state index contributed by atoms with van der Waals surface area (Å²) in [5.41, 5.74) is 6.46. The molecule has 2 aromatic heterocycles. The van der Waals surface area contributed by atoms with Crippen molar-refractivity contribution in [1.29, 1.82) is 0 Å². The Bertz CT molecular complexity index is 1630. The molecule has 2 heterocycles. The number of fused-ring (bicyclic) bond motifs is 1. The minimum Gasteiger partial charge on any atom is -0.502 e. The highest BCUT2D eigenvalue weighted by Crippen LogP contribution is 2.47. The van der Waals surface area contributed by atoms with Crippen molar-refractivity contribution in [3.05, 3.63) is 119 Å². The fourth-order valence-electron chi connectivity index (χ4n) is 5.39. The Balaban J connectivity index is 1.59. The van der Waals surface area contributed by atoms with E-state index in [1.54, 1.807) is 36.8 Å². The first kappa shape index (κ1) is 28.5. The average molecular weight is 566 g/mol. The van der Waals surface area contributed by atoms with Crippen molar-refractivity contribution in [2.45, 2.75) is 26.3 Å². The van der Waals surface area contributed by atoms with Gasteiger partial charge in [-0.1, -0.05) is 18.2 Å². The van der Waals surface area contributed by atoms with Gasteiger partial charge in [0.25, 0.3) is 0 Å². The molecule has 5 rings (SSSR count). The molecular weight excluding hydrogens is 533 g/mol. The topological polar surface area (TPSA) is 93.6 Å². The number of allylic oxidation sites excluding steroid dienone is 2. The van der Waals surface area contributed by atoms with E-state index in [0.29, 0.717) is 18.4 Å². The second-order valence-corrected chi connectivity index (χ2v) is 10.1. The number of phenols is 1. The molecule has 4 aromatic rings. The van der Waals surface area contributed by atoms with Crippen molar-refractivity contribution in [3.63, 3.8) is 0 Å². The summed E-state index contributed by atoms with van der Waals surface area (Å²) in [6.45, 7) is 2.23. The van der Waals surface area contributed by atoms with Crippen LogP contribution in [0.3, 0.4) is 0 Å². The highest BCUT2D eigenvalue weighted by Gasteiger charge is 2.33. The third-order valence-electron chi connectivity index (χ3n) is 7.46. The van der Waals surface area contributed by atoms with Crippen LogP contribution < -0.4 is 14.8 Å². The van der Waals surface area contributed by atoms with E-state index < -0.39 is 5.92 Å². The van der Waals surface area contributed by atoms with Gasteiger partial charge in [0, 0.05) is 18.6 Å². The van der Waals surface area contributed by atoms with Crippen LogP contribution in [0.4, 0.5) is 4.39 Å². The molecule has 1 unspecified atom stereocenters. The van der Waals surface area contributed by atoms with Crippen LogP contribution in [-0.2, 0) is 17.8 Å². The number of carbonyl (C=O) groups excluding carboxylic acids is 1. The van der Waals surface area contributed by atoms with Crippen LogP contribution in [-0.4, -0.2) is 35.2 Å². The largest absolute Gasteiger partial charge is 0.502 e. The minimum absolute atomic E-state index is 0.0935. The Morgan fingerprint density at radius 2 is 1.81 bits per heavy atom. The van der Waals surface area contributed by atoms with Gasteiger partial charge < -0.3 is 19.9 Å². The second kappa shape index (κ2) is 12.7. The smallest absolute Gasteiger partial charge is 0.227 e. The highest BCUT2D eigenvalue weighted by atomic mass is 19.1. The zero-order chi connectivity index (χ0) is 29.6. The maximum absolute atomic E-state index is 14.7. The van der Waals surface area contributed by atoms with E-state index in [-0.39, 0.29) is 35.5 Å². The van der Waals surface area contributed by atoms with Gasteiger partial charge in [-0.25, -0.2) is 4.39 Å². The molecule has 42 heavy (non-hydrogen) atoms. The number of hydrogen-bond acceptors (Lipinski definition) is 6. The summed E-state index contributed by atoms with van der Waals surface area (Å²) < 4.78 is 25.4. The number of phenolic OH excluding ortho intramolecular Hbond substituents is 1. The van der Waals surface area contributed by atoms with E-state index in [0.717, 1.165) is 39.1 Å². The number of rotatable bonds is 10. The number of benzene rings is 2. The van der Waals surface area contributed by atoms with E-state index >= 15 is 0 Å². The molecule has 0 saturated heterocycles. The number of nitrogens with zero attached hydrogens (tertiary/aromatic N) is 2. The van der Waals surface area contributed by atoms with Crippen molar-refractivity contribution in [3.8, 4) is 17.2 Å². The first-order chi connectivity index (χ1) is 20.4. The van der Waals surface area contributed by atoms with Gasteiger partial charge in [-0.3, -0.25) is 14.8 Å². The Kier molecular flexibility index (Phi) is 8.62. The van der Waals surface area contributed by atoms with Crippen LogP contribution in [0.2, 0.25) is 0 Å². The Morgan fingerprint density at radius 1 is 1.02 bits per heavy atom. The average Bonchev–Trinajstić information content (AvgIpc) is 3.27. The Labute approximate surface area is 244 Å². The predicted molar refractivity (Wildman–Crippen MR) is 160 cm³/mol. The van der Waals surface area contributed by atoms with Crippen LogP contribution in [0, 0.1) is 11.7 Å². The standard InChI is InChI=1S/C34H32FN3O4/c1-21-28(15-23-16-30(41-2)33(39)31(17-23)42-3)26-12-10-24(35)18-29(26)32(21)27(11-9-22-7-6-13-36-19-22)34(40)38-20-25-8-4-5-14-37-25/h4-8,10,12-19,27,39H,9,11,20H2,1-3H3,(H,38,40)/b28-15-. The van der Waals surface area contributed by atoms with Gasteiger partial charge in [0.15, 0.2) is 11.5 Å². The SMILES string of the molecule is COc1cc(/C=C2/C(C)=C(C(CCc3cccnc3)C(=O)NCc3ccccn3)c3cc(F)ccc32)cc(OC)c1O. The maximum atomic E-state index is 14.7. The molecule has 0 aliphatic heterocycles. The van der Waals surface area contributed by atoms with Gasteiger partial charge in [-0.15, -0.1) is 0 Å². The van der Waals surface area contributed by atoms with E-state index in [1.165, 1.54) is 26.4 Å².